The maximum atomic E-state index is 8.50. The van der Waals surface area contributed by atoms with Crippen LogP contribution in [-0.2, 0) is 0 Å². The molecule has 0 radical (unpaired) electrons. The number of nitrogens with one attached hydrogen (secondary N) is 1. The summed E-state index contributed by atoms with van der Waals surface area (Å²) in [6.45, 7) is 4.42. The number of aliphatic imine (C=N–C) groups is 1. The second-order valence-electron chi connectivity index (χ2n) is 3.80. The Morgan fingerprint density at radius 1 is 1.62 bits per heavy atom. The average molecular weight is 185 g/mol. The van der Waals surface area contributed by atoms with Gasteiger partial charge in [0.1, 0.15) is 0 Å². The van der Waals surface area contributed by atoms with Crippen LogP contribution in [0.4, 0.5) is 0 Å². The number of hydroxylamine groups is 1. The van der Waals surface area contributed by atoms with Gasteiger partial charge in [-0.3, -0.25) is 5.21 Å². The van der Waals surface area contributed by atoms with Gasteiger partial charge in [-0.2, -0.15) is 0 Å². The second kappa shape index (κ2) is 4.46. The lowest BCUT2D eigenvalue weighted by Crippen LogP contribution is -2.31. The third kappa shape index (κ3) is 2.34. The summed E-state index contributed by atoms with van der Waals surface area (Å²) in [6.07, 6.45) is 3.52. The van der Waals surface area contributed by atoms with Crippen LogP contribution in [0.15, 0.2) is 4.99 Å². The van der Waals surface area contributed by atoms with E-state index in [1.807, 2.05) is 5.48 Å². The maximum absolute atomic E-state index is 8.50. The molecular formula is C9H19N3O. The first-order valence-corrected chi connectivity index (χ1v) is 4.92. The van der Waals surface area contributed by atoms with E-state index in [4.69, 9.17) is 10.9 Å². The summed E-state index contributed by atoms with van der Waals surface area (Å²) in [6, 6.07) is 0.282. The summed E-state index contributed by atoms with van der Waals surface area (Å²) in [7, 11) is 0. The molecule has 3 unspecified atom stereocenters. The standard InChI is InChI=1S/C9H19N3O/c1-3-7-4-5-8(6(7)2)11-9(10)12-13/h6-8,13H,3-5H2,1-2H3,(H3,10,11,12). The van der Waals surface area contributed by atoms with E-state index in [0.29, 0.717) is 5.92 Å². The molecule has 0 aliphatic heterocycles. The van der Waals surface area contributed by atoms with Crippen LogP contribution in [-0.4, -0.2) is 17.2 Å². The largest absolute Gasteiger partial charge is 0.368 e. The highest BCUT2D eigenvalue weighted by atomic mass is 16.5. The van der Waals surface area contributed by atoms with Crippen LogP contribution in [0.25, 0.3) is 0 Å². The Kier molecular flexibility index (Phi) is 3.54. The molecule has 0 spiro atoms. The predicted octanol–water partition coefficient (Wildman–Crippen LogP) is 1.10. The van der Waals surface area contributed by atoms with Crippen molar-refractivity contribution < 1.29 is 5.21 Å². The minimum Gasteiger partial charge on any atom is -0.368 e. The van der Waals surface area contributed by atoms with Crippen molar-refractivity contribution in [3.8, 4) is 0 Å². The Hall–Kier alpha value is -0.770. The molecule has 1 rings (SSSR count). The van der Waals surface area contributed by atoms with Gasteiger partial charge in [0.2, 0.25) is 5.96 Å². The highest BCUT2D eigenvalue weighted by molar-refractivity contribution is 5.76. The molecule has 0 aromatic heterocycles. The zero-order chi connectivity index (χ0) is 9.84. The lowest BCUT2D eigenvalue weighted by Gasteiger charge is -2.16. The van der Waals surface area contributed by atoms with Gasteiger partial charge >= 0.3 is 0 Å². The van der Waals surface area contributed by atoms with Crippen LogP contribution < -0.4 is 11.2 Å². The number of nitrogens with two attached hydrogens (primary N) is 1. The predicted molar refractivity (Wildman–Crippen MR) is 52.5 cm³/mol. The molecule has 0 bridgehead atoms. The van der Waals surface area contributed by atoms with Crippen LogP contribution in [0.5, 0.6) is 0 Å². The number of hydrogen-bond donors (Lipinski definition) is 3. The molecule has 0 amide bonds. The number of guanidine groups is 1. The molecule has 1 aliphatic carbocycles. The van der Waals surface area contributed by atoms with E-state index in [1.54, 1.807) is 0 Å². The molecule has 4 N–H and O–H groups in total. The first kappa shape index (κ1) is 10.3. The molecule has 4 nitrogen and oxygen atoms in total. The molecule has 3 atom stereocenters. The highest BCUT2D eigenvalue weighted by Gasteiger charge is 2.31. The van der Waals surface area contributed by atoms with Gasteiger partial charge in [0.05, 0.1) is 6.04 Å². The lowest BCUT2D eigenvalue weighted by molar-refractivity contribution is 0.231. The van der Waals surface area contributed by atoms with Crippen molar-refractivity contribution >= 4 is 5.96 Å². The van der Waals surface area contributed by atoms with Gasteiger partial charge in [0, 0.05) is 0 Å². The first-order chi connectivity index (χ1) is 6.19. The molecule has 76 valence electrons. The van der Waals surface area contributed by atoms with Crippen LogP contribution >= 0.6 is 0 Å². The molecule has 1 aliphatic rings. The monoisotopic (exact) mass is 185 g/mol. The van der Waals surface area contributed by atoms with Crippen molar-refractivity contribution in [1.29, 1.82) is 0 Å². The van der Waals surface area contributed by atoms with Gasteiger partial charge in [-0.1, -0.05) is 20.3 Å². The molecule has 0 heterocycles. The van der Waals surface area contributed by atoms with Gasteiger partial charge in [-0.15, -0.1) is 0 Å². The number of rotatable bonds is 2. The molecular weight excluding hydrogens is 166 g/mol. The van der Waals surface area contributed by atoms with Crippen molar-refractivity contribution in [3.63, 3.8) is 0 Å². The van der Waals surface area contributed by atoms with Gasteiger partial charge < -0.3 is 5.73 Å². The lowest BCUT2D eigenvalue weighted by atomic mass is 9.94. The van der Waals surface area contributed by atoms with Crippen LogP contribution in [0.1, 0.15) is 33.1 Å². The third-order valence-corrected chi connectivity index (χ3v) is 3.13. The van der Waals surface area contributed by atoms with Gasteiger partial charge in [-0.25, -0.2) is 10.5 Å². The van der Waals surface area contributed by atoms with E-state index in [1.165, 1.54) is 12.8 Å². The minimum atomic E-state index is 0.133. The summed E-state index contributed by atoms with van der Waals surface area (Å²) in [5, 5.41) is 8.50. The van der Waals surface area contributed by atoms with E-state index in [-0.39, 0.29) is 12.0 Å². The van der Waals surface area contributed by atoms with Crippen molar-refractivity contribution in [2.45, 2.75) is 39.2 Å². The Bertz CT molecular complexity index is 193. The number of hydrogen-bond acceptors (Lipinski definition) is 2. The maximum Gasteiger partial charge on any atom is 0.213 e. The normalized spacial score (nSPS) is 35.0. The molecule has 0 aromatic carbocycles. The molecule has 4 heteroatoms. The van der Waals surface area contributed by atoms with E-state index < -0.39 is 0 Å². The van der Waals surface area contributed by atoms with Gasteiger partial charge in [0.25, 0.3) is 0 Å². The first-order valence-electron chi connectivity index (χ1n) is 4.92. The van der Waals surface area contributed by atoms with Crippen LogP contribution in [0.2, 0.25) is 0 Å². The Morgan fingerprint density at radius 3 is 2.77 bits per heavy atom. The molecule has 1 fully saturated rings. The summed E-state index contributed by atoms with van der Waals surface area (Å²) in [5.74, 6) is 1.48. The van der Waals surface area contributed by atoms with Crippen LogP contribution in [0.3, 0.4) is 0 Å². The quantitative estimate of drug-likeness (QED) is 0.343. The Labute approximate surface area is 79.2 Å². The minimum absolute atomic E-state index is 0.133. The zero-order valence-corrected chi connectivity index (χ0v) is 8.33. The smallest absolute Gasteiger partial charge is 0.213 e. The molecule has 0 saturated heterocycles. The fraction of sp³-hybridized carbons (Fsp3) is 0.889. The van der Waals surface area contributed by atoms with Gasteiger partial charge in [0.15, 0.2) is 0 Å². The highest BCUT2D eigenvalue weighted by Crippen LogP contribution is 2.35. The van der Waals surface area contributed by atoms with Crippen molar-refractivity contribution in [1.82, 2.24) is 5.48 Å². The summed E-state index contributed by atoms with van der Waals surface area (Å²) in [4.78, 5) is 4.21. The van der Waals surface area contributed by atoms with Crippen molar-refractivity contribution in [3.05, 3.63) is 0 Å². The van der Waals surface area contributed by atoms with E-state index in [9.17, 15) is 0 Å². The summed E-state index contributed by atoms with van der Waals surface area (Å²) in [5.41, 5.74) is 7.26. The second-order valence-corrected chi connectivity index (χ2v) is 3.80. The molecule has 1 saturated carbocycles. The molecule has 0 aromatic rings. The Morgan fingerprint density at radius 2 is 2.31 bits per heavy atom. The molecule has 13 heavy (non-hydrogen) atoms. The van der Waals surface area contributed by atoms with Crippen molar-refractivity contribution in [2.24, 2.45) is 22.6 Å². The summed E-state index contributed by atoms with van der Waals surface area (Å²) < 4.78 is 0. The fourth-order valence-electron chi connectivity index (χ4n) is 2.19. The van der Waals surface area contributed by atoms with E-state index in [0.717, 1.165) is 12.3 Å². The van der Waals surface area contributed by atoms with Crippen molar-refractivity contribution in [2.75, 3.05) is 0 Å². The zero-order valence-electron chi connectivity index (χ0n) is 8.33. The third-order valence-electron chi connectivity index (χ3n) is 3.13. The average Bonchev–Trinajstić information content (AvgIpc) is 2.48. The Balaban J connectivity index is 2.54. The topological polar surface area (TPSA) is 70.6 Å². The summed E-state index contributed by atoms with van der Waals surface area (Å²) >= 11 is 0. The number of nitrogens with zero attached hydrogens (tertiary/aromatic N) is 1. The van der Waals surface area contributed by atoms with E-state index in [2.05, 4.69) is 18.8 Å². The van der Waals surface area contributed by atoms with Gasteiger partial charge in [-0.05, 0) is 24.7 Å². The van der Waals surface area contributed by atoms with E-state index >= 15 is 0 Å². The fourth-order valence-corrected chi connectivity index (χ4v) is 2.19. The van der Waals surface area contributed by atoms with Crippen LogP contribution in [0, 0.1) is 11.8 Å². The SMILES string of the molecule is CCC1CCC(N=C(N)NO)C1C.